The summed E-state index contributed by atoms with van der Waals surface area (Å²) in [6, 6.07) is -0.500. The second kappa shape index (κ2) is 4.23. The van der Waals surface area contributed by atoms with E-state index < -0.39 is 6.04 Å². The molecule has 0 aromatic carbocycles. The molecule has 3 N–H and O–H groups in total. The number of nitrogens with one attached hydrogen (secondary N) is 1. The van der Waals surface area contributed by atoms with Crippen LogP contribution in [0.15, 0.2) is 4.52 Å². The molecule has 14 heavy (non-hydrogen) atoms. The molecule has 0 unspecified atom stereocenters. The van der Waals surface area contributed by atoms with Crippen molar-refractivity contribution in [3.63, 3.8) is 0 Å². The summed E-state index contributed by atoms with van der Waals surface area (Å²) in [5, 5.41) is 6.31. The summed E-state index contributed by atoms with van der Waals surface area (Å²) < 4.78 is 4.92. The average Bonchev–Trinajstić information content (AvgIpc) is 2.48. The number of hydrogen-bond acceptors (Lipinski definition) is 4. The maximum Gasteiger partial charge on any atom is 0.243 e. The summed E-state index contributed by atoms with van der Waals surface area (Å²) in [4.78, 5) is 11.4. The number of amides is 1. The van der Waals surface area contributed by atoms with E-state index in [1.807, 2.05) is 20.8 Å². The summed E-state index contributed by atoms with van der Waals surface area (Å²) in [6.45, 7) is 5.50. The number of anilines is 1. The quantitative estimate of drug-likeness (QED) is 0.756. The van der Waals surface area contributed by atoms with Crippen LogP contribution in [0.5, 0.6) is 0 Å². The fourth-order valence-electron chi connectivity index (χ4n) is 0.922. The normalized spacial score (nSPS) is 12.6. The molecule has 78 valence electrons. The molecule has 5 heteroatoms. The summed E-state index contributed by atoms with van der Waals surface area (Å²) >= 11 is 0. The standard InChI is InChI=1S/C9H15N3O2/c1-4-7(10)8(13)11-9-5(2)6(3)12-14-9/h7H,4,10H2,1-3H3,(H,11,13)/t7-/m1/s1. The minimum absolute atomic E-state index is 0.244. The van der Waals surface area contributed by atoms with Gasteiger partial charge >= 0.3 is 0 Å². The summed E-state index contributed by atoms with van der Waals surface area (Å²) in [6.07, 6.45) is 0.595. The number of rotatable bonds is 3. The van der Waals surface area contributed by atoms with Crippen molar-refractivity contribution in [3.8, 4) is 0 Å². The molecule has 1 atom stereocenters. The molecule has 0 aliphatic rings. The van der Waals surface area contributed by atoms with E-state index in [-0.39, 0.29) is 5.91 Å². The first-order valence-corrected chi connectivity index (χ1v) is 4.55. The molecule has 1 rings (SSSR count). The highest BCUT2D eigenvalue weighted by atomic mass is 16.5. The van der Waals surface area contributed by atoms with Gasteiger partial charge in [-0.15, -0.1) is 0 Å². The van der Waals surface area contributed by atoms with Crippen molar-refractivity contribution in [1.29, 1.82) is 0 Å². The first kappa shape index (κ1) is 10.7. The number of nitrogens with zero attached hydrogens (tertiary/aromatic N) is 1. The van der Waals surface area contributed by atoms with Crippen LogP contribution in [0.3, 0.4) is 0 Å². The van der Waals surface area contributed by atoms with Gasteiger partial charge in [0, 0.05) is 5.56 Å². The zero-order valence-electron chi connectivity index (χ0n) is 8.63. The van der Waals surface area contributed by atoms with E-state index in [0.717, 1.165) is 11.3 Å². The Morgan fingerprint density at radius 1 is 1.64 bits per heavy atom. The van der Waals surface area contributed by atoms with E-state index in [1.165, 1.54) is 0 Å². The molecular formula is C9H15N3O2. The van der Waals surface area contributed by atoms with Crippen LogP contribution in [0.25, 0.3) is 0 Å². The highest BCUT2D eigenvalue weighted by Gasteiger charge is 2.15. The van der Waals surface area contributed by atoms with Gasteiger partial charge in [0.2, 0.25) is 11.8 Å². The van der Waals surface area contributed by atoms with Crippen LogP contribution >= 0.6 is 0 Å². The van der Waals surface area contributed by atoms with Gasteiger partial charge in [-0.05, 0) is 20.3 Å². The largest absolute Gasteiger partial charge is 0.338 e. The van der Waals surface area contributed by atoms with Crippen molar-refractivity contribution < 1.29 is 9.32 Å². The number of aromatic nitrogens is 1. The third-order valence-corrected chi connectivity index (χ3v) is 2.17. The van der Waals surface area contributed by atoms with Crippen LogP contribution in [0.1, 0.15) is 24.6 Å². The molecule has 0 radical (unpaired) electrons. The lowest BCUT2D eigenvalue weighted by molar-refractivity contribution is -0.117. The first-order valence-electron chi connectivity index (χ1n) is 4.55. The van der Waals surface area contributed by atoms with Crippen molar-refractivity contribution in [2.75, 3.05) is 5.32 Å². The molecule has 0 saturated heterocycles. The van der Waals surface area contributed by atoms with E-state index in [1.54, 1.807) is 0 Å². The maximum absolute atomic E-state index is 11.4. The summed E-state index contributed by atoms with van der Waals surface area (Å²) in [5.41, 5.74) is 7.15. The first-order chi connectivity index (χ1) is 6.56. The lowest BCUT2D eigenvalue weighted by Gasteiger charge is -2.07. The van der Waals surface area contributed by atoms with Crippen LogP contribution < -0.4 is 11.1 Å². The zero-order valence-corrected chi connectivity index (χ0v) is 8.63. The van der Waals surface area contributed by atoms with Gasteiger partial charge in [0.05, 0.1) is 11.7 Å². The molecule has 0 bridgehead atoms. The van der Waals surface area contributed by atoms with Crippen molar-refractivity contribution in [2.24, 2.45) is 5.73 Å². The van der Waals surface area contributed by atoms with Gasteiger partial charge in [0.1, 0.15) is 0 Å². The van der Waals surface area contributed by atoms with Crippen LogP contribution in [0.4, 0.5) is 5.88 Å². The Morgan fingerprint density at radius 2 is 2.29 bits per heavy atom. The Hall–Kier alpha value is -1.36. The van der Waals surface area contributed by atoms with Gasteiger partial charge in [-0.2, -0.15) is 0 Å². The third-order valence-electron chi connectivity index (χ3n) is 2.17. The summed E-state index contributed by atoms with van der Waals surface area (Å²) in [5.74, 6) is 0.142. The van der Waals surface area contributed by atoms with E-state index >= 15 is 0 Å². The predicted octanol–water partition coefficient (Wildman–Crippen LogP) is 0.967. The summed E-state index contributed by atoms with van der Waals surface area (Å²) in [7, 11) is 0. The molecule has 0 aliphatic carbocycles. The van der Waals surface area contributed by atoms with Crippen molar-refractivity contribution in [1.82, 2.24) is 5.16 Å². The lowest BCUT2D eigenvalue weighted by Crippen LogP contribution is -2.34. The van der Waals surface area contributed by atoms with Gasteiger partial charge < -0.3 is 10.3 Å². The Bertz CT molecular complexity index is 333. The molecule has 1 amide bonds. The zero-order chi connectivity index (χ0) is 10.7. The second-order valence-corrected chi connectivity index (χ2v) is 3.23. The molecular weight excluding hydrogens is 182 g/mol. The Morgan fingerprint density at radius 3 is 2.71 bits per heavy atom. The number of aryl methyl sites for hydroxylation is 1. The van der Waals surface area contributed by atoms with Gasteiger partial charge in [-0.3, -0.25) is 10.1 Å². The fraction of sp³-hybridized carbons (Fsp3) is 0.556. The fourth-order valence-corrected chi connectivity index (χ4v) is 0.922. The third kappa shape index (κ3) is 2.11. The van der Waals surface area contributed by atoms with E-state index in [4.69, 9.17) is 10.3 Å². The maximum atomic E-state index is 11.4. The van der Waals surface area contributed by atoms with Crippen LogP contribution in [0.2, 0.25) is 0 Å². The van der Waals surface area contributed by atoms with Crippen LogP contribution in [-0.4, -0.2) is 17.1 Å². The minimum Gasteiger partial charge on any atom is -0.338 e. The Kier molecular flexibility index (Phi) is 3.24. The van der Waals surface area contributed by atoms with E-state index in [9.17, 15) is 4.79 Å². The van der Waals surface area contributed by atoms with Gasteiger partial charge in [0.25, 0.3) is 0 Å². The molecule has 1 aromatic rings. The molecule has 5 nitrogen and oxygen atoms in total. The molecule has 1 heterocycles. The molecule has 0 saturated carbocycles. The van der Waals surface area contributed by atoms with Gasteiger partial charge in [-0.1, -0.05) is 12.1 Å². The van der Waals surface area contributed by atoms with E-state index in [0.29, 0.717) is 12.3 Å². The van der Waals surface area contributed by atoms with E-state index in [2.05, 4.69) is 10.5 Å². The molecule has 0 fully saturated rings. The van der Waals surface area contributed by atoms with Crippen LogP contribution in [-0.2, 0) is 4.79 Å². The van der Waals surface area contributed by atoms with Crippen molar-refractivity contribution in [3.05, 3.63) is 11.3 Å². The topological polar surface area (TPSA) is 81.2 Å². The van der Waals surface area contributed by atoms with Crippen LogP contribution in [0, 0.1) is 13.8 Å². The lowest BCUT2D eigenvalue weighted by atomic mass is 10.2. The number of nitrogens with two attached hydrogens (primary N) is 1. The molecule has 1 aromatic heterocycles. The van der Waals surface area contributed by atoms with Crippen molar-refractivity contribution in [2.45, 2.75) is 33.2 Å². The molecule has 0 aliphatic heterocycles. The predicted molar refractivity (Wildman–Crippen MR) is 52.9 cm³/mol. The number of hydrogen-bond donors (Lipinski definition) is 2. The highest BCUT2D eigenvalue weighted by Crippen LogP contribution is 2.17. The monoisotopic (exact) mass is 197 g/mol. The smallest absolute Gasteiger partial charge is 0.243 e. The SMILES string of the molecule is CC[C@@H](N)C(=O)Nc1onc(C)c1C. The second-order valence-electron chi connectivity index (χ2n) is 3.23. The Labute approximate surface area is 82.6 Å². The van der Waals surface area contributed by atoms with Gasteiger partial charge in [-0.25, -0.2) is 0 Å². The average molecular weight is 197 g/mol. The van der Waals surface area contributed by atoms with Crippen molar-refractivity contribution >= 4 is 11.8 Å². The highest BCUT2D eigenvalue weighted by molar-refractivity contribution is 5.94. The van der Waals surface area contributed by atoms with Gasteiger partial charge in [0.15, 0.2) is 0 Å². The minimum atomic E-state index is -0.500. The number of carbonyl (C=O) groups is 1. The Balaban J connectivity index is 2.70. The number of carbonyl (C=O) groups excluding carboxylic acids is 1. The molecule has 0 spiro atoms.